The quantitative estimate of drug-likeness (QED) is 0.810. The average Bonchev–Trinajstić information content (AvgIpc) is 3.26. The second kappa shape index (κ2) is 5.49. The van der Waals surface area contributed by atoms with E-state index in [4.69, 9.17) is 16.7 Å². The van der Waals surface area contributed by atoms with Gasteiger partial charge in [0.25, 0.3) is 0 Å². The van der Waals surface area contributed by atoms with Gasteiger partial charge in [-0.25, -0.2) is 4.79 Å². The van der Waals surface area contributed by atoms with E-state index < -0.39 is 5.97 Å². The average molecular weight is 292 g/mol. The van der Waals surface area contributed by atoms with E-state index in [0.29, 0.717) is 11.1 Å². The maximum Gasteiger partial charge on any atom is 0.328 e. The standard InChI is InChI=1S/C16H18ClNO2/c17-15-9-14(5-3-12(15)4-8-16(19)20)18(13-6-7-13)10-11-1-2-11/h3-5,8-9,11,13H,1-2,6-7,10H2,(H,19,20)/b8-4+. The Hall–Kier alpha value is -1.48. The molecule has 0 unspecified atom stereocenters. The number of carboxylic acids is 1. The van der Waals surface area contributed by atoms with Crippen molar-refractivity contribution in [1.29, 1.82) is 0 Å². The van der Waals surface area contributed by atoms with Crippen LogP contribution in [0.3, 0.4) is 0 Å². The summed E-state index contributed by atoms with van der Waals surface area (Å²) < 4.78 is 0. The highest BCUT2D eigenvalue weighted by Crippen LogP contribution is 2.38. The molecule has 1 N–H and O–H groups in total. The summed E-state index contributed by atoms with van der Waals surface area (Å²) >= 11 is 6.26. The number of hydrogen-bond donors (Lipinski definition) is 1. The molecule has 0 amide bonds. The summed E-state index contributed by atoms with van der Waals surface area (Å²) in [4.78, 5) is 13.0. The summed E-state index contributed by atoms with van der Waals surface area (Å²) in [7, 11) is 0. The summed E-state index contributed by atoms with van der Waals surface area (Å²) in [6.07, 6.45) is 7.88. The molecule has 20 heavy (non-hydrogen) atoms. The Balaban J connectivity index is 1.78. The van der Waals surface area contributed by atoms with Crippen LogP contribution in [-0.4, -0.2) is 23.7 Å². The predicted molar refractivity (Wildman–Crippen MR) is 81.2 cm³/mol. The molecule has 0 radical (unpaired) electrons. The molecule has 106 valence electrons. The maximum atomic E-state index is 10.5. The van der Waals surface area contributed by atoms with Gasteiger partial charge in [-0.05, 0) is 55.4 Å². The van der Waals surface area contributed by atoms with E-state index in [1.54, 1.807) is 0 Å². The van der Waals surface area contributed by atoms with Crippen molar-refractivity contribution in [2.75, 3.05) is 11.4 Å². The zero-order chi connectivity index (χ0) is 14.1. The number of anilines is 1. The van der Waals surface area contributed by atoms with Crippen molar-refractivity contribution >= 4 is 29.3 Å². The largest absolute Gasteiger partial charge is 0.478 e. The summed E-state index contributed by atoms with van der Waals surface area (Å²) in [6, 6.07) is 6.59. The fourth-order valence-corrected chi connectivity index (χ4v) is 2.66. The summed E-state index contributed by atoms with van der Waals surface area (Å²) in [5.74, 6) is -0.112. The highest BCUT2D eigenvalue weighted by Gasteiger charge is 2.33. The number of halogens is 1. The third-order valence-electron chi connectivity index (χ3n) is 3.86. The van der Waals surface area contributed by atoms with Crippen LogP contribution in [0.25, 0.3) is 6.08 Å². The van der Waals surface area contributed by atoms with Crippen LogP contribution < -0.4 is 4.90 Å². The van der Waals surface area contributed by atoms with Crippen molar-refractivity contribution in [1.82, 2.24) is 0 Å². The van der Waals surface area contributed by atoms with E-state index >= 15 is 0 Å². The van der Waals surface area contributed by atoms with Gasteiger partial charge in [0, 0.05) is 29.4 Å². The van der Waals surface area contributed by atoms with Crippen molar-refractivity contribution in [2.24, 2.45) is 5.92 Å². The van der Waals surface area contributed by atoms with Gasteiger partial charge in [-0.2, -0.15) is 0 Å². The van der Waals surface area contributed by atoms with E-state index in [1.807, 2.05) is 18.2 Å². The van der Waals surface area contributed by atoms with E-state index in [-0.39, 0.29) is 0 Å². The van der Waals surface area contributed by atoms with Crippen LogP contribution in [0.5, 0.6) is 0 Å². The number of carbonyl (C=O) groups is 1. The van der Waals surface area contributed by atoms with E-state index in [1.165, 1.54) is 31.8 Å². The molecule has 0 atom stereocenters. The molecule has 3 rings (SSSR count). The Bertz CT molecular complexity index is 547. The lowest BCUT2D eigenvalue weighted by molar-refractivity contribution is -0.131. The minimum absolute atomic E-state index is 0.612. The number of nitrogens with zero attached hydrogens (tertiary/aromatic N) is 1. The lowest BCUT2D eigenvalue weighted by Gasteiger charge is -2.25. The Morgan fingerprint density at radius 1 is 1.35 bits per heavy atom. The van der Waals surface area contributed by atoms with E-state index in [2.05, 4.69) is 4.90 Å². The van der Waals surface area contributed by atoms with E-state index in [9.17, 15) is 4.79 Å². The Labute approximate surface area is 123 Å². The van der Waals surface area contributed by atoms with Gasteiger partial charge in [-0.3, -0.25) is 0 Å². The topological polar surface area (TPSA) is 40.5 Å². The molecule has 2 saturated carbocycles. The molecule has 2 aliphatic rings. The van der Waals surface area contributed by atoms with Crippen LogP contribution in [0.1, 0.15) is 31.2 Å². The number of hydrogen-bond acceptors (Lipinski definition) is 2. The molecule has 1 aromatic rings. The fraction of sp³-hybridized carbons (Fsp3) is 0.438. The van der Waals surface area contributed by atoms with Crippen LogP contribution in [0, 0.1) is 5.92 Å². The van der Waals surface area contributed by atoms with Crippen molar-refractivity contribution in [3.63, 3.8) is 0 Å². The first-order chi connectivity index (χ1) is 9.63. The summed E-state index contributed by atoms with van der Waals surface area (Å²) in [5.41, 5.74) is 1.91. The zero-order valence-corrected chi connectivity index (χ0v) is 12.0. The third-order valence-corrected chi connectivity index (χ3v) is 4.19. The van der Waals surface area contributed by atoms with Gasteiger partial charge in [0.2, 0.25) is 0 Å². The SMILES string of the molecule is O=C(O)/C=C/c1ccc(N(CC2CC2)C2CC2)cc1Cl. The number of benzene rings is 1. The van der Waals surface area contributed by atoms with Gasteiger partial charge in [0.1, 0.15) is 0 Å². The molecule has 2 aliphatic carbocycles. The zero-order valence-electron chi connectivity index (χ0n) is 11.3. The highest BCUT2D eigenvalue weighted by atomic mass is 35.5. The summed E-state index contributed by atoms with van der Waals surface area (Å²) in [5, 5.41) is 9.27. The second-order valence-corrected chi connectivity index (χ2v) is 6.11. The van der Waals surface area contributed by atoms with Crippen LogP contribution >= 0.6 is 11.6 Å². The highest BCUT2D eigenvalue weighted by molar-refractivity contribution is 6.32. The molecule has 4 heteroatoms. The van der Waals surface area contributed by atoms with Gasteiger partial charge in [-0.1, -0.05) is 17.7 Å². The third kappa shape index (κ3) is 3.34. The molecule has 0 aromatic heterocycles. The minimum atomic E-state index is -0.960. The lowest BCUT2D eigenvalue weighted by Crippen LogP contribution is -2.27. The van der Waals surface area contributed by atoms with E-state index in [0.717, 1.165) is 29.8 Å². The second-order valence-electron chi connectivity index (χ2n) is 5.70. The lowest BCUT2D eigenvalue weighted by atomic mass is 10.1. The molecular formula is C16H18ClNO2. The molecule has 0 aliphatic heterocycles. The van der Waals surface area contributed by atoms with Crippen LogP contribution in [0.2, 0.25) is 5.02 Å². The number of rotatable bonds is 6. The van der Waals surface area contributed by atoms with Gasteiger partial charge < -0.3 is 10.0 Å². The molecule has 0 saturated heterocycles. The van der Waals surface area contributed by atoms with Crippen LogP contribution in [-0.2, 0) is 4.79 Å². The molecule has 0 spiro atoms. The maximum absolute atomic E-state index is 10.5. The Morgan fingerprint density at radius 3 is 2.65 bits per heavy atom. The molecule has 0 bridgehead atoms. The normalized spacial score (nSPS) is 18.4. The number of carboxylic acid groups (broad SMARTS) is 1. The first-order valence-corrected chi connectivity index (χ1v) is 7.48. The molecule has 3 nitrogen and oxygen atoms in total. The van der Waals surface area contributed by atoms with Gasteiger partial charge >= 0.3 is 5.97 Å². The first kappa shape index (κ1) is 13.5. The molecule has 1 aromatic carbocycles. The molecule has 2 fully saturated rings. The summed E-state index contributed by atoms with van der Waals surface area (Å²) in [6.45, 7) is 1.13. The van der Waals surface area contributed by atoms with Crippen molar-refractivity contribution < 1.29 is 9.90 Å². The predicted octanol–water partition coefficient (Wildman–Crippen LogP) is 3.82. The number of aliphatic carboxylic acids is 1. The monoisotopic (exact) mass is 291 g/mol. The van der Waals surface area contributed by atoms with Gasteiger partial charge in [0.05, 0.1) is 0 Å². The van der Waals surface area contributed by atoms with Crippen molar-refractivity contribution in [3.8, 4) is 0 Å². The molecule has 0 heterocycles. The van der Waals surface area contributed by atoms with Gasteiger partial charge in [-0.15, -0.1) is 0 Å². The minimum Gasteiger partial charge on any atom is -0.478 e. The smallest absolute Gasteiger partial charge is 0.328 e. The fourth-order valence-electron chi connectivity index (χ4n) is 2.42. The Kier molecular flexibility index (Phi) is 3.70. The molecular weight excluding hydrogens is 274 g/mol. The Morgan fingerprint density at radius 2 is 2.10 bits per heavy atom. The van der Waals surface area contributed by atoms with Gasteiger partial charge in [0.15, 0.2) is 0 Å². The first-order valence-electron chi connectivity index (χ1n) is 7.10. The van der Waals surface area contributed by atoms with Crippen molar-refractivity contribution in [3.05, 3.63) is 34.9 Å². The van der Waals surface area contributed by atoms with Crippen LogP contribution in [0.15, 0.2) is 24.3 Å². The van der Waals surface area contributed by atoms with Crippen LogP contribution in [0.4, 0.5) is 5.69 Å². The van der Waals surface area contributed by atoms with Crippen molar-refractivity contribution in [2.45, 2.75) is 31.7 Å².